The van der Waals surface area contributed by atoms with Gasteiger partial charge in [0.25, 0.3) is 0 Å². The second kappa shape index (κ2) is 6.76. The van der Waals surface area contributed by atoms with Gasteiger partial charge >= 0.3 is 0 Å². The van der Waals surface area contributed by atoms with Gasteiger partial charge in [0, 0.05) is 12.0 Å². The molecule has 0 amide bonds. The molecule has 0 N–H and O–H groups in total. The first-order valence-corrected chi connectivity index (χ1v) is 9.62. The molecule has 0 unspecified atom stereocenters. The maximum absolute atomic E-state index is 12.2. The number of nitrogens with zero attached hydrogens (tertiary/aromatic N) is 2. The van der Waals surface area contributed by atoms with Crippen LogP contribution in [0.3, 0.4) is 0 Å². The highest BCUT2D eigenvalue weighted by atomic mass is 32.2. The first-order valence-electron chi connectivity index (χ1n) is 7.77. The molecule has 1 aliphatic rings. The van der Waals surface area contributed by atoms with Crippen molar-refractivity contribution in [1.82, 2.24) is 4.41 Å². The van der Waals surface area contributed by atoms with Crippen molar-refractivity contribution in [2.45, 2.75) is 12.5 Å². The topological polar surface area (TPSA) is 68.2 Å². The first-order chi connectivity index (χ1) is 11.9. The Bertz CT molecular complexity index is 892. The quantitative estimate of drug-likeness (QED) is 0.822. The Labute approximate surface area is 147 Å². The standard InChI is InChI=1S/C18H20N2O4S/c1-23-15-9-7-13(8-10-15)18-12-17(19-20(18)25(3,21)22)14-5-4-6-16(11-14)24-2/h4-11,18H,12H2,1-3H3/t18-/m0/s1. The van der Waals surface area contributed by atoms with Crippen molar-refractivity contribution in [3.63, 3.8) is 0 Å². The summed E-state index contributed by atoms with van der Waals surface area (Å²) in [5, 5.41) is 4.38. The lowest BCUT2D eigenvalue weighted by Gasteiger charge is -2.21. The van der Waals surface area contributed by atoms with Crippen LogP contribution in [-0.2, 0) is 10.0 Å². The van der Waals surface area contributed by atoms with E-state index < -0.39 is 10.0 Å². The smallest absolute Gasteiger partial charge is 0.247 e. The molecule has 0 aromatic heterocycles. The second-order valence-electron chi connectivity index (χ2n) is 5.81. The van der Waals surface area contributed by atoms with Gasteiger partial charge in [0.05, 0.1) is 32.2 Å². The van der Waals surface area contributed by atoms with E-state index in [1.807, 2.05) is 48.5 Å². The fraction of sp³-hybridized carbons (Fsp3) is 0.278. The molecule has 0 saturated carbocycles. The minimum absolute atomic E-state index is 0.373. The molecule has 1 aliphatic heterocycles. The Morgan fingerprint density at radius 1 is 1.04 bits per heavy atom. The minimum Gasteiger partial charge on any atom is -0.497 e. The summed E-state index contributed by atoms with van der Waals surface area (Å²) < 4.78 is 36.0. The van der Waals surface area contributed by atoms with E-state index in [0.29, 0.717) is 17.9 Å². The van der Waals surface area contributed by atoms with Gasteiger partial charge in [-0.25, -0.2) is 8.42 Å². The zero-order valence-corrected chi connectivity index (χ0v) is 15.2. The average Bonchev–Trinajstić information content (AvgIpc) is 3.08. The predicted octanol–water partition coefficient (Wildman–Crippen LogP) is 2.81. The molecule has 7 heteroatoms. The van der Waals surface area contributed by atoms with Crippen LogP contribution in [-0.4, -0.2) is 39.0 Å². The molecular formula is C18H20N2O4S. The number of ether oxygens (including phenoxy) is 2. The summed E-state index contributed by atoms with van der Waals surface area (Å²) in [6.45, 7) is 0. The highest BCUT2D eigenvalue weighted by molar-refractivity contribution is 7.88. The van der Waals surface area contributed by atoms with Gasteiger partial charge in [-0.3, -0.25) is 0 Å². The monoisotopic (exact) mass is 360 g/mol. The summed E-state index contributed by atoms with van der Waals surface area (Å²) in [6, 6.07) is 14.5. The SMILES string of the molecule is COc1ccc([C@@H]2CC(c3cccc(OC)c3)=NN2S(C)(=O)=O)cc1. The summed E-state index contributed by atoms with van der Waals surface area (Å²) in [4.78, 5) is 0. The number of hydrogen-bond donors (Lipinski definition) is 0. The average molecular weight is 360 g/mol. The molecule has 0 bridgehead atoms. The molecule has 2 aromatic rings. The van der Waals surface area contributed by atoms with Gasteiger partial charge in [-0.15, -0.1) is 0 Å². The molecule has 0 saturated heterocycles. The third kappa shape index (κ3) is 3.61. The van der Waals surface area contributed by atoms with Gasteiger partial charge in [0.1, 0.15) is 11.5 Å². The molecule has 2 aromatic carbocycles. The molecule has 6 nitrogen and oxygen atoms in total. The molecule has 25 heavy (non-hydrogen) atoms. The number of hydrogen-bond acceptors (Lipinski definition) is 5. The fourth-order valence-electron chi connectivity index (χ4n) is 2.85. The second-order valence-corrected chi connectivity index (χ2v) is 7.65. The molecule has 1 atom stereocenters. The highest BCUT2D eigenvalue weighted by Gasteiger charge is 2.34. The molecule has 1 heterocycles. The van der Waals surface area contributed by atoms with Gasteiger partial charge in [-0.05, 0) is 29.8 Å². The summed E-state index contributed by atoms with van der Waals surface area (Å²) in [5.41, 5.74) is 2.43. The Balaban J connectivity index is 1.97. The molecule has 3 rings (SSSR count). The lowest BCUT2D eigenvalue weighted by atomic mass is 9.99. The van der Waals surface area contributed by atoms with Crippen molar-refractivity contribution < 1.29 is 17.9 Å². The van der Waals surface area contributed by atoms with Gasteiger partial charge in [0.15, 0.2) is 0 Å². The van der Waals surface area contributed by atoms with E-state index in [1.165, 1.54) is 10.7 Å². The summed E-state index contributed by atoms with van der Waals surface area (Å²) in [7, 11) is -0.298. The predicted molar refractivity (Wildman–Crippen MR) is 96.6 cm³/mol. The molecule has 0 aliphatic carbocycles. The van der Waals surface area contributed by atoms with Crippen molar-refractivity contribution in [2.75, 3.05) is 20.5 Å². The van der Waals surface area contributed by atoms with Crippen LogP contribution >= 0.6 is 0 Å². The van der Waals surface area contributed by atoms with Gasteiger partial charge in [0.2, 0.25) is 10.0 Å². The Kier molecular flexibility index (Phi) is 4.67. The van der Waals surface area contributed by atoms with Crippen LogP contribution in [0.4, 0.5) is 0 Å². The third-order valence-electron chi connectivity index (χ3n) is 4.12. The van der Waals surface area contributed by atoms with Crippen molar-refractivity contribution in [3.05, 3.63) is 59.7 Å². The van der Waals surface area contributed by atoms with Gasteiger partial charge < -0.3 is 9.47 Å². The van der Waals surface area contributed by atoms with Crippen LogP contribution in [0.2, 0.25) is 0 Å². The van der Waals surface area contributed by atoms with Crippen LogP contribution in [0.15, 0.2) is 53.6 Å². The molecule has 0 fully saturated rings. The normalized spacial score (nSPS) is 17.3. The van der Waals surface area contributed by atoms with Crippen LogP contribution in [0.5, 0.6) is 11.5 Å². The maximum atomic E-state index is 12.2. The zero-order valence-electron chi connectivity index (χ0n) is 14.3. The van der Waals surface area contributed by atoms with E-state index in [-0.39, 0.29) is 6.04 Å². The maximum Gasteiger partial charge on any atom is 0.247 e. The summed E-state index contributed by atoms with van der Waals surface area (Å²) in [6.07, 6.45) is 1.66. The largest absolute Gasteiger partial charge is 0.497 e. The number of methoxy groups -OCH3 is 2. The van der Waals surface area contributed by atoms with E-state index in [9.17, 15) is 8.42 Å². The van der Waals surface area contributed by atoms with E-state index in [2.05, 4.69) is 5.10 Å². The third-order valence-corrected chi connectivity index (χ3v) is 5.13. The van der Waals surface area contributed by atoms with Crippen LogP contribution in [0.25, 0.3) is 0 Å². The first kappa shape index (κ1) is 17.3. The van der Waals surface area contributed by atoms with E-state index in [0.717, 1.165) is 16.9 Å². The summed E-state index contributed by atoms with van der Waals surface area (Å²) in [5.74, 6) is 1.43. The number of sulfonamides is 1. The van der Waals surface area contributed by atoms with Crippen molar-refractivity contribution in [3.8, 4) is 11.5 Å². The van der Waals surface area contributed by atoms with E-state index in [4.69, 9.17) is 9.47 Å². The lowest BCUT2D eigenvalue weighted by Crippen LogP contribution is -2.25. The van der Waals surface area contributed by atoms with Crippen LogP contribution in [0.1, 0.15) is 23.6 Å². The Morgan fingerprint density at radius 2 is 1.72 bits per heavy atom. The number of hydrazone groups is 1. The molecular weight excluding hydrogens is 340 g/mol. The lowest BCUT2D eigenvalue weighted by molar-refractivity contribution is 0.374. The molecule has 0 radical (unpaired) electrons. The van der Waals surface area contributed by atoms with Crippen molar-refractivity contribution >= 4 is 15.7 Å². The highest BCUT2D eigenvalue weighted by Crippen LogP contribution is 2.35. The fourth-order valence-corrected chi connectivity index (χ4v) is 3.75. The number of benzene rings is 2. The minimum atomic E-state index is -3.49. The van der Waals surface area contributed by atoms with Gasteiger partial charge in [-0.1, -0.05) is 24.3 Å². The van der Waals surface area contributed by atoms with Gasteiger partial charge in [-0.2, -0.15) is 9.52 Å². The Hall–Kier alpha value is -2.54. The van der Waals surface area contributed by atoms with Crippen molar-refractivity contribution in [1.29, 1.82) is 0 Å². The molecule has 132 valence electrons. The van der Waals surface area contributed by atoms with Crippen LogP contribution in [0, 0.1) is 0 Å². The van der Waals surface area contributed by atoms with Crippen LogP contribution < -0.4 is 9.47 Å². The number of rotatable bonds is 5. The molecule has 0 spiro atoms. The van der Waals surface area contributed by atoms with Crippen molar-refractivity contribution in [2.24, 2.45) is 5.10 Å². The zero-order chi connectivity index (χ0) is 18.0. The Morgan fingerprint density at radius 3 is 2.32 bits per heavy atom. The van der Waals surface area contributed by atoms with E-state index >= 15 is 0 Å². The summed E-state index contributed by atoms with van der Waals surface area (Å²) >= 11 is 0. The van der Waals surface area contributed by atoms with E-state index in [1.54, 1.807) is 14.2 Å².